The number of rotatable bonds is 3. The fourth-order valence-electron chi connectivity index (χ4n) is 1.61. The molecule has 1 aromatic carbocycles. The molecular formula is C12H12BrFN4O. The Kier molecular flexibility index (Phi) is 3.84. The molecule has 0 fully saturated rings. The van der Waals surface area contributed by atoms with Crippen LogP contribution in [0.1, 0.15) is 15.9 Å². The van der Waals surface area contributed by atoms with Gasteiger partial charge in [0, 0.05) is 23.6 Å². The normalized spacial score (nSPS) is 10.5. The van der Waals surface area contributed by atoms with Crippen LogP contribution < -0.4 is 11.1 Å². The molecule has 2 rings (SSSR count). The summed E-state index contributed by atoms with van der Waals surface area (Å²) in [6, 6.07) is 4.36. The van der Waals surface area contributed by atoms with Gasteiger partial charge >= 0.3 is 0 Å². The third-order valence-corrected chi connectivity index (χ3v) is 3.35. The molecule has 0 spiro atoms. The fourth-order valence-corrected chi connectivity index (χ4v) is 2.13. The minimum Gasteiger partial charge on any atom is -0.384 e. The van der Waals surface area contributed by atoms with Crippen molar-refractivity contribution in [3.05, 3.63) is 45.8 Å². The Morgan fingerprint density at radius 3 is 2.89 bits per heavy atom. The molecule has 0 aliphatic rings. The van der Waals surface area contributed by atoms with E-state index in [2.05, 4.69) is 26.3 Å². The average molecular weight is 327 g/mol. The van der Waals surface area contributed by atoms with E-state index in [4.69, 9.17) is 5.73 Å². The van der Waals surface area contributed by atoms with Gasteiger partial charge in [-0.15, -0.1) is 0 Å². The SMILES string of the molecule is Cn1ncc(CNC(=O)c2c(F)cccc2Br)c1N. The van der Waals surface area contributed by atoms with Gasteiger partial charge in [-0.25, -0.2) is 4.39 Å². The molecule has 3 N–H and O–H groups in total. The summed E-state index contributed by atoms with van der Waals surface area (Å²) in [5, 5.41) is 6.57. The second kappa shape index (κ2) is 5.40. The maximum absolute atomic E-state index is 13.6. The van der Waals surface area contributed by atoms with E-state index in [0.717, 1.165) is 0 Å². The van der Waals surface area contributed by atoms with Gasteiger partial charge in [-0.1, -0.05) is 6.07 Å². The summed E-state index contributed by atoms with van der Waals surface area (Å²) in [7, 11) is 1.70. The van der Waals surface area contributed by atoms with E-state index >= 15 is 0 Å². The van der Waals surface area contributed by atoms with E-state index in [9.17, 15) is 9.18 Å². The topological polar surface area (TPSA) is 72.9 Å². The summed E-state index contributed by atoms with van der Waals surface area (Å²) in [5.74, 6) is -0.618. The van der Waals surface area contributed by atoms with Gasteiger partial charge in [-0.05, 0) is 28.1 Å². The van der Waals surface area contributed by atoms with Gasteiger partial charge < -0.3 is 11.1 Å². The Morgan fingerprint density at radius 2 is 2.32 bits per heavy atom. The van der Waals surface area contributed by atoms with Crippen molar-refractivity contribution in [1.29, 1.82) is 0 Å². The number of amides is 1. The van der Waals surface area contributed by atoms with E-state index in [1.807, 2.05) is 0 Å². The predicted molar refractivity (Wildman–Crippen MR) is 72.9 cm³/mol. The van der Waals surface area contributed by atoms with Gasteiger partial charge in [-0.2, -0.15) is 5.10 Å². The van der Waals surface area contributed by atoms with Crippen molar-refractivity contribution in [3.8, 4) is 0 Å². The lowest BCUT2D eigenvalue weighted by Gasteiger charge is -2.07. The zero-order valence-electron chi connectivity index (χ0n) is 10.2. The maximum atomic E-state index is 13.6. The first kappa shape index (κ1) is 13.5. The first-order valence-electron chi connectivity index (χ1n) is 5.49. The number of hydrogen-bond donors (Lipinski definition) is 2. The van der Waals surface area contributed by atoms with E-state index < -0.39 is 11.7 Å². The van der Waals surface area contributed by atoms with Crippen LogP contribution in [0, 0.1) is 5.82 Å². The van der Waals surface area contributed by atoms with Crippen LogP contribution in [0.5, 0.6) is 0 Å². The lowest BCUT2D eigenvalue weighted by Crippen LogP contribution is -2.24. The number of anilines is 1. The van der Waals surface area contributed by atoms with Gasteiger partial charge in [0.1, 0.15) is 11.6 Å². The second-order valence-electron chi connectivity index (χ2n) is 3.96. The molecule has 5 nitrogen and oxygen atoms in total. The number of nitrogen functional groups attached to an aromatic ring is 1. The standard InChI is InChI=1S/C12H12BrFN4O/c1-18-11(15)7(6-17-18)5-16-12(19)10-8(13)3-2-4-9(10)14/h2-4,6H,5,15H2,1H3,(H,16,19). The molecular weight excluding hydrogens is 315 g/mol. The van der Waals surface area contributed by atoms with E-state index in [0.29, 0.717) is 15.9 Å². The molecule has 100 valence electrons. The van der Waals surface area contributed by atoms with Gasteiger partial charge in [0.15, 0.2) is 0 Å². The fraction of sp³-hybridized carbons (Fsp3) is 0.167. The van der Waals surface area contributed by atoms with Crippen molar-refractivity contribution in [3.63, 3.8) is 0 Å². The summed E-state index contributed by atoms with van der Waals surface area (Å²) in [6.45, 7) is 0.194. The van der Waals surface area contributed by atoms with E-state index in [1.54, 1.807) is 19.3 Å². The van der Waals surface area contributed by atoms with Crippen molar-refractivity contribution in [2.75, 3.05) is 5.73 Å². The van der Waals surface area contributed by atoms with Gasteiger partial charge in [0.2, 0.25) is 0 Å². The van der Waals surface area contributed by atoms with Crippen molar-refractivity contribution in [2.45, 2.75) is 6.54 Å². The number of aryl methyl sites for hydroxylation is 1. The molecule has 0 atom stereocenters. The molecule has 0 saturated carbocycles. The average Bonchev–Trinajstić information content (AvgIpc) is 2.67. The molecule has 0 radical (unpaired) electrons. The molecule has 0 unspecified atom stereocenters. The Bertz CT molecular complexity index is 606. The van der Waals surface area contributed by atoms with Crippen molar-refractivity contribution < 1.29 is 9.18 Å². The van der Waals surface area contributed by atoms with Crippen LogP contribution in [0.15, 0.2) is 28.9 Å². The molecule has 1 amide bonds. The van der Waals surface area contributed by atoms with Crippen molar-refractivity contribution in [1.82, 2.24) is 15.1 Å². The van der Waals surface area contributed by atoms with Gasteiger partial charge in [0.05, 0.1) is 11.8 Å². The predicted octanol–water partition coefficient (Wildman–Crippen LogP) is 1.83. The molecule has 2 aromatic rings. The smallest absolute Gasteiger partial charge is 0.255 e. The monoisotopic (exact) mass is 326 g/mol. The molecule has 1 heterocycles. The summed E-state index contributed by atoms with van der Waals surface area (Å²) < 4.78 is 15.5. The molecule has 1 aromatic heterocycles. The van der Waals surface area contributed by atoms with Crippen LogP contribution in [0.2, 0.25) is 0 Å². The summed E-state index contributed by atoms with van der Waals surface area (Å²) in [4.78, 5) is 11.9. The van der Waals surface area contributed by atoms with Crippen molar-refractivity contribution >= 4 is 27.7 Å². The number of nitrogens with one attached hydrogen (secondary N) is 1. The number of halogens is 2. The van der Waals surface area contributed by atoms with Crippen LogP contribution >= 0.6 is 15.9 Å². The highest BCUT2D eigenvalue weighted by molar-refractivity contribution is 9.10. The Hall–Kier alpha value is -1.89. The number of benzene rings is 1. The first-order valence-corrected chi connectivity index (χ1v) is 6.28. The van der Waals surface area contributed by atoms with Crippen LogP contribution in [0.4, 0.5) is 10.2 Å². The highest BCUT2D eigenvalue weighted by atomic mass is 79.9. The number of aromatic nitrogens is 2. The molecule has 0 aliphatic carbocycles. The second-order valence-corrected chi connectivity index (χ2v) is 4.81. The zero-order chi connectivity index (χ0) is 14.0. The van der Waals surface area contributed by atoms with Crippen LogP contribution in [-0.4, -0.2) is 15.7 Å². The number of nitrogens with zero attached hydrogens (tertiary/aromatic N) is 2. The third kappa shape index (κ3) is 2.76. The minimum absolute atomic E-state index is 0.0232. The first-order chi connectivity index (χ1) is 9.00. The summed E-state index contributed by atoms with van der Waals surface area (Å²) in [6.07, 6.45) is 1.56. The highest BCUT2D eigenvalue weighted by Crippen LogP contribution is 2.19. The van der Waals surface area contributed by atoms with Crippen molar-refractivity contribution in [2.24, 2.45) is 7.05 Å². The summed E-state index contributed by atoms with van der Waals surface area (Å²) >= 11 is 3.15. The zero-order valence-corrected chi connectivity index (χ0v) is 11.7. The van der Waals surface area contributed by atoms with Crippen LogP contribution in [-0.2, 0) is 13.6 Å². The maximum Gasteiger partial charge on any atom is 0.255 e. The molecule has 7 heteroatoms. The number of hydrogen-bond acceptors (Lipinski definition) is 3. The Morgan fingerprint density at radius 1 is 1.58 bits per heavy atom. The molecule has 19 heavy (non-hydrogen) atoms. The lowest BCUT2D eigenvalue weighted by molar-refractivity contribution is 0.0946. The largest absolute Gasteiger partial charge is 0.384 e. The van der Waals surface area contributed by atoms with E-state index in [-0.39, 0.29) is 12.1 Å². The molecule has 0 saturated heterocycles. The summed E-state index contributed by atoms with van der Waals surface area (Å²) in [5.41, 5.74) is 6.41. The van der Waals surface area contributed by atoms with Gasteiger partial charge in [0.25, 0.3) is 5.91 Å². The number of carbonyl (C=O) groups excluding carboxylic acids is 1. The number of nitrogens with two attached hydrogens (primary N) is 1. The molecule has 0 aliphatic heterocycles. The van der Waals surface area contributed by atoms with Crippen LogP contribution in [0.25, 0.3) is 0 Å². The third-order valence-electron chi connectivity index (χ3n) is 2.69. The minimum atomic E-state index is -0.578. The lowest BCUT2D eigenvalue weighted by atomic mass is 10.2. The quantitative estimate of drug-likeness (QED) is 0.903. The Labute approximate surface area is 117 Å². The van der Waals surface area contributed by atoms with E-state index in [1.165, 1.54) is 16.8 Å². The molecule has 0 bridgehead atoms. The number of carbonyl (C=O) groups is 1. The Balaban J connectivity index is 2.12. The van der Waals surface area contributed by atoms with Crippen LogP contribution in [0.3, 0.4) is 0 Å². The van der Waals surface area contributed by atoms with Gasteiger partial charge in [-0.3, -0.25) is 9.48 Å². The highest BCUT2D eigenvalue weighted by Gasteiger charge is 2.15.